The Bertz CT molecular complexity index is 878. The molecule has 0 aliphatic rings. The minimum Gasteiger partial charge on any atom is -0.361 e. The number of hydrogen-bond acceptors (Lipinski definition) is 4. The molecular weight excluding hydrogens is 350 g/mol. The summed E-state index contributed by atoms with van der Waals surface area (Å²) in [6.07, 6.45) is 0.962. The largest absolute Gasteiger partial charge is 0.361 e. The van der Waals surface area contributed by atoms with Gasteiger partial charge in [0.25, 0.3) is 5.91 Å². The first-order valence-electron chi connectivity index (χ1n) is 8.39. The van der Waals surface area contributed by atoms with Gasteiger partial charge in [-0.05, 0) is 43.1 Å². The van der Waals surface area contributed by atoms with Crippen LogP contribution in [-0.4, -0.2) is 17.6 Å². The van der Waals surface area contributed by atoms with E-state index in [1.54, 1.807) is 19.1 Å². The minimum absolute atomic E-state index is 0.227. The maximum atomic E-state index is 12.2. The Labute approximate surface area is 157 Å². The van der Waals surface area contributed by atoms with Crippen LogP contribution >= 0.6 is 11.6 Å². The number of anilines is 1. The molecular formula is C20H20ClN3O2. The molecule has 3 aromatic rings. The van der Waals surface area contributed by atoms with Gasteiger partial charge < -0.3 is 15.2 Å². The predicted octanol–water partition coefficient (Wildman–Crippen LogP) is 4.22. The van der Waals surface area contributed by atoms with Crippen LogP contribution in [0.25, 0.3) is 0 Å². The molecule has 2 N–H and O–H groups in total. The highest BCUT2D eigenvalue weighted by Gasteiger charge is 2.13. The van der Waals surface area contributed by atoms with Crippen LogP contribution in [0, 0.1) is 6.92 Å². The number of nitrogens with one attached hydrogen (secondary N) is 2. The van der Waals surface area contributed by atoms with Crippen LogP contribution in [-0.2, 0) is 13.0 Å². The molecule has 6 heteroatoms. The van der Waals surface area contributed by atoms with Crippen molar-refractivity contribution in [2.75, 3.05) is 11.9 Å². The van der Waals surface area contributed by atoms with Crippen molar-refractivity contribution in [3.63, 3.8) is 0 Å². The molecule has 0 saturated heterocycles. The van der Waals surface area contributed by atoms with Crippen molar-refractivity contribution in [3.05, 3.63) is 82.2 Å². The monoisotopic (exact) mass is 369 g/mol. The molecule has 0 fully saturated rings. The van der Waals surface area contributed by atoms with Crippen molar-refractivity contribution in [1.82, 2.24) is 10.5 Å². The summed E-state index contributed by atoms with van der Waals surface area (Å²) in [4.78, 5) is 12.2. The average Bonchev–Trinajstić information content (AvgIpc) is 3.09. The van der Waals surface area contributed by atoms with Crippen LogP contribution in [0.1, 0.15) is 27.4 Å². The SMILES string of the molecule is Cc1cc(C(=O)Nc2cc(CNCCc3ccccc3)ccc2Cl)no1. The van der Waals surface area contributed by atoms with Gasteiger partial charge in [-0.25, -0.2) is 0 Å². The first kappa shape index (κ1) is 18.2. The molecule has 0 aliphatic carbocycles. The van der Waals surface area contributed by atoms with Crippen molar-refractivity contribution in [2.45, 2.75) is 19.9 Å². The topological polar surface area (TPSA) is 67.2 Å². The van der Waals surface area contributed by atoms with Crippen LogP contribution in [0.3, 0.4) is 0 Å². The van der Waals surface area contributed by atoms with E-state index in [-0.39, 0.29) is 11.6 Å². The molecule has 1 aromatic heterocycles. The summed E-state index contributed by atoms with van der Waals surface area (Å²) in [5.41, 5.74) is 3.12. The van der Waals surface area contributed by atoms with Crippen molar-refractivity contribution < 1.29 is 9.32 Å². The summed E-state index contributed by atoms with van der Waals surface area (Å²) >= 11 is 6.20. The summed E-state index contributed by atoms with van der Waals surface area (Å²) in [6, 6.07) is 17.5. The third-order valence-electron chi connectivity index (χ3n) is 3.90. The standard InChI is InChI=1S/C20H20ClN3O2/c1-14-11-19(24-26-14)20(25)23-18-12-16(7-8-17(18)21)13-22-10-9-15-5-3-2-4-6-15/h2-8,11-12,22H,9-10,13H2,1H3,(H,23,25). The fraction of sp³-hybridized carbons (Fsp3) is 0.200. The summed E-state index contributed by atoms with van der Waals surface area (Å²) in [5, 5.41) is 10.4. The molecule has 0 radical (unpaired) electrons. The lowest BCUT2D eigenvalue weighted by Crippen LogP contribution is -2.17. The lowest BCUT2D eigenvalue weighted by molar-refractivity contribution is 0.101. The maximum Gasteiger partial charge on any atom is 0.277 e. The second-order valence-corrected chi connectivity index (χ2v) is 6.41. The summed E-state index contributed by atoms with van der Waals surface area (Å²) in [6.45, 7) is 3.29. The van der Waals surface area contributed by atoms with Crippen molar-refractivity contribution in [3.8, 4) is 0 Å². The number of halogens is 1. The Morgan fingerprint density at radius 2 is 1.92 bits per heavy atom. The van der Waals surface area contributed by atoms with E-state index in [1.165, 1.54) is 5.56 Å². The van der Waals surface area contributed by atoms with E-state index in [0.29, 0.717) is 23.0 Å². The molecule has 3 rings (SSSR count). The van der Waals surface area contributed by atoms with Crippen LogP contribution in [0.4, 0.5) is 5.69 Å². The van der Waals surface area contributed by atoms with Gasteiger partial charge in [0.2, 0.25) is 0 Å². The van der Waals surface area contributed by atoms with Gasteiger partial charge in [0.1, 0.15) is 5.76 Å². The second-order valence-electron chi connectivity index (χ2n) is 6.00. The minimum atomic E-state index is -0.349. The number of carbonyl (C=O) groups is 1. The van der Waals surface area contributed by atoms with Gasteiger partial charge in [-0.15, -0.1) is 0 Å². The van der Waals surface area contributed by atoms with E-state index in [4.69, 9.17) is 16.1 Å². The molecule has 134 valence electrons. The van der Waals surface area contributed by atoms with E-state index in [9.17, 15) is 4.79 Å². The van der Waals surface area contributed by atoms with Gasteiger partial charge in [0, 0.05) is 12.6 Å². The third kappa shape index (κ3) is 4.94. The van der Waals surface area contributed by atoms with Crippen LogP contribution in [0.15, 0.2) is 59.1 Å². The quantitative estimate of drug-likeness (QED) is 0.612. The number of carbonyl (C=O) groups excluding carboxylic acids is 1. The second kappa shape index (κ2) is 8.65. The summed E-state index contributed by atoms with van der Waals surface area (Å²) in [7, 11) is 0. The van der Waals surface area contributed by atoms with Gasteiger partial charge >= 0.3 is 0 Å². The van der Waals surface area contributed by atoms with Gasteiger partial charge in [0.05, 0.1) is 10.7 Å². The smallest absolute Gasteiger partial charge is 0.277 e. The molecule has 0 unspecified atom stereocenters. The third-order valence-corrected chi connectivity index (χ3v) is 4.23. The fourth-order valence-electron chi connectivity index (χ4n) is 2.55. The lowest BCUT2D eigenvalue weighted by atomic mass is 10.1. The molecule has 0 spiro atoms. The molecule has 0 atom stereocenters. The predicted molar refractivity (Wildman–Crippen MR) is 102 cm³/mol. The summed E-state index contributed by atoms with van der Waals surface area (Å²) in [5.74, 6) is 0.232. The Hall–Kier alpha value is -2.63. The van der Waals surface area contributed by atoms with Gasteiger partial charge in [-0.1, -0.05) is 53.2 Å². The highest BCUT2D eigenvalue weighted by Crippen LogP contribution is 2.23. The van der Waals surface area contributed by atoms with Crippen molar-refractivity contribution >= 4 is 23.2 Å². The zero-order chi connectivity index (χ0) is 18.4. The van der Waals surface area contributed by atoms with E-state index in [1.807, 2.05) is 30.3 Å². The molecule has 1 heterocycles. The Morgan fingerprint density at radius 1 is 1.12 bits per heavy atom. The van der Waals surface area contributed by atoms with Gasteiger partial charge in [-0.2, -0.15) is 0 Å². The fourth-order valence-corrected chi connectivity index (χ4v) is 2.71. The number of rotatable bonds is 7. The maximum absolute atomic E-state index is 12.2. The highest BCUT2D eigenvalue weighted by atomic mass is 35.5. The van der Waals surface area contributed by atoms with E-state index in [2.05, 4.69) is 27.9 Å². The molecule has 2 aromatic carbocycles. The van der Waals surface area contributed by atoms with Gasteiger partial charge in [0.15, 0.2) is 5.69 Å². The lowest BCUT2D eigenvalue weighted by Gasteiger charge is -2.10. The molecule has 5 nitrogen and oxygen atoms in total. The zero-order valence-corrected chi connectivity index (χ0v) is 15.2. The zero-order valence-electron chi connectivity index (χ0n) is 14.5. The van der Waals surface area contributed by atoms with Crippen LogP contribution in [0.2, 0.25) is 5.02 Å². The normalized spacial score (nSPS) is 10.7. The molecule has 0 aliphatic heterocycles. The Morgan fingerprint density at radius 3 is 2.65 bits per heavy atom. The molecule has 0 bridgehead atoms. The van der Waals surface area contributed by atoms with Crippen molar-refractivity contribution in [1.29, 1.82) is 0 Å². The van der Waals surface area contributed by atoms with Crippen LogP contribution < -0.4 is 10.6 Å². The Balaban J connectivity index is 1.56. The van der Waals surface area contributed by atoms with Crippen molar-refractivity contribution in [2.24, 2.45) is 0 Å². The molecule has 0 saturated carbocycles. The molecule has 26 heavy (non-hydrogen) atoms. The number of hydrogen-bond donors (Lipinski definition) is 2. The van der Waals surface area contributed by atoms with E-state index < -0.39 is 0 Å². The van der Waals surface area contributed by atoms with E-state index >= 15 is 0 Å². The number of nitrogens with zero attached hydrogens (tertiary/aromatic N) is 1. The first-order chi connectivity index (χ1) is 12.6. The molecule has 1 amide bonds. The number of aryl methyl sites for hydroxylation is 1. The first-order valence-corrected chi connectivity index (χ1v) is 8.77. The number of aromatic nitrogens is 1. The van der Waals surface area contributed by atoms with Gasteiger partial charge in [-0.3, -0.25) is 4.79 Å². The number of benzene rings is 2. The van der Waals surface area contributed by atoms with E-state index in [0.717, 1.165) is 18.5 Å². The number of amides is 1. The highest BCUT2D eigenvalue weighted by molar-refractivity contribution is 6.33. The average molecular weight is 370 g/mol. The van der Waals surface area contributed by atoms with Crippen LogP contribution in [0.5, 0.6) is 0 Å². The Kier molecular flexibility index (Phi) is 6.04. The summed E-state index contributed by atoms with van der Waals surface area (Å²) < 4.78 is 4.93.